The molecule has 1 atom stereocenters. The van der Waals surface area contributed by atoms with Gasteiger partial charge >= 0.3 is 0 Å². The molecular formula is C18H32Cl2N4O. The lowest BCUT2D eigenvalue weighted by molar-refractivity contribution is -0.122. The number of benzene rings is 1. The Morgan fingerprint density at radius 1 is 1.24 bits per heavy atom. The minimum atomic E-state index is -0.588. The Balaban J connectivity index is 0.00000288. The van der Waals surface area contributed by atoms with Crippen molar-refractivity contribution in [3.63, 3.8) is 0 Å². The second kappa shape index (κ2) is 11.7. The number of piperidine rings is 1. The molecule has 25 heavy (non-hydrogen) atoms. The summed E-state index contributed by atoms with van der Waals surface area (Å²) in [6.07, 6.45) is 2.40. The van der Waals surface area contributed by atoms with Crippen LogP contribution in [0.4, 0.5) is 0 Å². The zero-order chi connectivity index (χ0) is 16.8. The Hall–Kier alpha value is -0.850. The lowest BCUT2D eigenvalue weighted by Crippen LogP contribution is -2.45. The second-order valence-electron chi connectivity index (χ2n) is 6.72. The highest BCUT2D eigenvalue weighted by Crippen LogP contribution is 2.14. The van der Waals surface area contributed by atoms with Gasteiger partial charge in [-0.3, -0.25) is 4.79 Å². The van der Waals surface area contributed by atoms with Gasteiger partial charge in [0.05, 0.1) is 0 Å². The van der Waals surface area contributed by atoms with Gasteiger partial charge in [0.2, 0.25) is 5.91 Å². The molecular weight excluding hydrogens is 359 g/mol. The monoisotopic (exact) mass is 390 g/mol. The summed E-state index contributed by atoms with van der Waals surface area (Å²) >= 11 is 0. The van der Waals surface area contributed by atoms with Crippen molar-refractivity contribution in [1.82, 2.24) is 15.1 Å². The van der Waals surface area contributed by atoms with E-state index in [0.717, 1.165) is 25.2 Å². The van der Waals surface area contributed by atoms with E-state index in [1.807, 2.05) is 31.2 Å². The fourth-order valence-corrected chi connectivity index (χ4v) is 3.03. The van der Waals surface area contributed by atoms with Gasteiger partial charge in [-0.15, -0.1) is 24.8 Å². The van der Waals surface area contributed by atoms with E-state index in [0.29, 0.717) is 12.6 Å². The number of aryl methyl sites for hydroxylation is 1. The molecule has 0 spiro atoms. The maximum atomic E-state index is 12.2. The van der Waals surface area contributed by atoms with Gasteiger partial charge in [-0.2, -0.15) is 0 Å². The van der Waals surface area contributed by atoms with Crippen LogP contribution in [-0.2, 0) is 4.79 Å². The van der Waals surface area contributed by atoms with Gasteiger partial charge in [-0.25, -0.2) is 0 Å². The summed E-state index contributed by atoms with van der Waals surface area (Å²) in [6, 6.07) is 7.91. The van der Waals surface area contributed by atoms with Crippen molar-refractivity contribution >= 4 is 30.7 Å². The van der Waals surface area contributed by atoms with Crippen LogP contribution in [0.3, 0.4) is 0 Å². The molecule has 3 N–H and O–H groups in total. The Morgan fingerprint density at radius 3 is 2.32 bits per heavy atom. The van der Waals surface area contributed by atoms with E-state index >= 15 is 0 Å². The van der Waals surface area contributed by atoms with Crippen LogP contribution in [0, 0.1) is 6.92 Å². The smallest absolute Gasteiger partial charge is 0.241 e. The normalized spacial score (nSPS) is 16.7. The number of likely N-dealkylation sites (tertiary alicyclic amines) is 1. The Morgan fingerprint density at radius 2 is 1.80 bits per heavy atom. The summed E-state index contributed by atoms with van der Waals surface area (Å²) in [5, 5.41) is 2.96. The van der Waals surface area contributed by atoms with E-state index in [4.69, 9.17) is 5.73 Å². The molecule has 7 heteroatoms. The summed E-state index contributed by atoms with van der Waals surface area (Å²) in [6.45, 7) is 5.78. The summed E-state index contributed by atoms with van der Waals surface area (Å²) in [4.78, 5) is 16.9. The van der Waals surface area contributed by atoms with E-state index < -0.39 is 6.04 Å². The molecule has 1 aliphatic heterocycles. The SMILES string of the molecule is Cc1ccc(C(N)C(=O)NCCN2CCC(N(C)C)CC2)cc1.Cl.Cl. The summed E-state index contributed by atoms with van der Waals surface area (Å²) < 4.78 is 0. The van der Waals surface area contributed by atoms with Crippen molar-refractivity contribution in [2.75, 3.05) is 40.3 Å². The standard InChI is InChI=1S/C18H30N4O.2ClH/c1-14-4-6-15(7-5-14)17(19)18(23)20-10-13-22-11-8-16(9-12-22)21(2)3;;/h4-7,16-17H,8-13,19H2,1-3H3,(H,20,23);2*1H. The van der Waals surface area contributed by atoms with Gasteiger partial charge in [-0.05, 0) is 52.5 Å². The van der Waals surface area contributed by atoms with Gasteiger partial charge in [0.1, 0.15) is 6.04 Å². The predicted octanol–water partition coefficient (Wildman–Crippen LogP) is 1.98. The van der Waals surface area contributed by atoms with Gasteiger partial charge in [0.25, 0.3) is 0 Å². The minimum Gasteiger partial charge on any atom is -0.353 e. The van der Waals surface area contributed by atoms with Gasteiger partial charge in [0.15, 0.2) is 0 Å². The molecule has 1 amide bonds. The number of hydrogen-bond acceptors (Lipinski definition) is 4. The van der Waals surface area contributed by atoms with Gasteiger partial charge in [0, 0.05) is 19.1 Å². The summed E-state index contributed by atoms with van der Waals surface area (Å²) in [5.41, 5.74) is 8.06. The second-order valence-corrected chi connectivity index (χ2v) is 6.72. The number of nitrogens with one attached hydrogen (secondary N) is 1. The van der Waals surface area contributed by atoms with Crippen LogP contribution in [0.5, 0.6) is 0 Å². The lowest BCUT2D eigenvalue weighted by atomic mass is 10.0. The molecule has 1 aromatic rings. The van der Waals surface area contributed by atoms with Crippen molar-refractivity contribution in [3.8, 4) is 0 Å². The number of carbonyl (C=O) groups is 1. The first-order valence-electron chi connectivity index (χ1n) is 8.46. The largest absolute Gasteiger partial charge is 0.353 e. The van der Waals surface area contributed by atoms with E-state index in [2.05, 4.69) is 29.2 Å². The molecule has 0 saturated carbocycles. The predicted molar refractivity (Wildman–Crippen MR) is 109 cm³/mol. The van der Waals surface area contributed by atoms with Crippen LogP contribution < -0.4 is 11.1 Å². The fraction of sp³-hybridized carbons (Fsp3) is 0.611. The number of nitrogens with zero attached hydrogens (tertiary/aromatic N) is 2. The average Bonchev–Trinajstić information content (AvgIpc) is 2.55. The number of rotatable bonds is 6. The van der Waals surface area contributed by atoms with E-state index in [1.54, 1.807) is 0 Å². The molecule has 0 bridgehead atoms. The summed E-state index contributed by atoms with van der Waals surface area (Å²) in [7, 11) is 4.29. The van der Waals surface area contributed by atoms with E-state index in [9.17, 15) is 4.79 Å². The molecule has 1 heterocycles. The molecule has 1 aliphatic rings. The Labute approximate surface area is 164 Å². The van der Waals surface area contributed by atoms with Crippen LogP contribution in [0.1, 0.15) is 30.0 Å². The zero-order valence-electron chi connectivity index (χ0n) is 15.4. The Bertz CT molecular complexity index is 502. The highest BCUT2D eigenvalue weighted by atomic mass is 35.5. The average molecular weight is 391 g/mol. The van der Waals surface area contributed by atoms with Crippen LogP contribution in [0.15, 0.2) is 24.3 Å². The third-order valence-electron chi connectivity index (χ3n) is 4.73. The molecule has 1 aromatic carbocycles. The molecule has 144 valence electrons. The van der Waals surface area contributed by atoms with Crippen molar-refractivity contribution in [2.24, 2.45) is 5.73 Å². The van der Waals surface area contributed by atoms with Crippen LogP contribution in [0.25, 0.3) is 0 Å². The third kappa shape index (κ3) is 7.50. The number of halogens is 2. The van der Waals surface area contributed by atoms with Crippen molar-refractivity contribution < 1.29 is 4.79 Å². The minimum absolute atomic E-state index is 0. The highest BCUT2D eigenvalue weighted by Gasteiger charge is 2.20. The van der Waals surface area contributed by atoms with Gasteiger partial charge in [-0.1, -0.05) is 29.8 Å². The number of amides is 1. The highest BCUT2D eigenvalue weighted by molar-refractivity contribution is 5.85. The van der Waals surface area contributed by atoms with E-state index in [-0.39, 0.29) is 30.7 Å². The summed E-state index contributed by atoms with van der Waals surface area (Å²) in [5.74, 6) is -0.1000. The van der Waals surface area contributed by atoms with E-state index in [1.165, 1.54) is 18.4 Å². The maximum Gasteiger partial charge on any atom is 0.241 e. The van der Waals surface area contributed by atoms with Crippen LogP contribution in [-0.4, -0.2) is 62.0 Å². The quantitative estimate of drug-likeness (QED) is 0.779. The first-order valence-corrected chi connectivity index (χ1v) is 8.46. The Kier molecular flexibility index (Phi) is 11.3. The topological polar surface area (TPSA) is 61.6 Å². The molecule has 1 unspecified atom stereocenters. The van der Waals surface area contributed by atoms with Crippen molar-refractivity contribution in [2.45, 2.75) is 31.8 Å². The molecule has 2 rings (SSSR count). The zero-order valence-corrected chi connectivity index (χ0v) is 17.0. The van der Waals surface area contributed by atoms with Crippen molar-refractivity contribution in [3.05, 3.63) is 35.4 Å². The first kappa shape index (κ1) is 24.1. The number of carbonyl (C=O) groups excluding carboxylic acids is 1. The third-order valence-corrected chi connectivity index (χ3v) is 4.73. The number of hydrogen-bond donors (Lipinski definition) is 2. The van der Waals surface area contributed by atoms with Crippen LogP contribution in [0.2, 0.25) is 0 Å². The first-order chi connectivity index (χ1) is 11.0. The molecule has 5 nitrogen and oxygen atoms in total. The van der Waals surface area contributed by atoms with Crippen LogP contribution >= 0.6 is 24.8 Å². The lowest BCUT2D eigenvalue weighted by Gasteiger charge is -2.35. The molecule has 0 aliphatic carbocycles. The number of nitrogens with two attached hydrogens (primary N) is 1. The molecule has 1 fully saturated rings. The molecule has 0 radical (unpaired) electrons. The molecule has 1 saturated heterocycles. The van der Waals surface area contributed by atoms with Crippen molar-refractivity contribution in [1.29, 1.82) is 0 Å². The van der Waals surface area contributed by atoms with Gasteiger partial charge < -0.3 is 20.9 Å². The fourth-order valence-electron chi connectivity index (χ4n) is 3.03. The molecule has 0 aromatic heterocycles. The maximum absolute atomic E-state index is 12.2.